The molecule has 9 heteroatoms. The molecule has 0 bridgehead atoms. The molecule has 0 saturated carbocycles. The van der Waals surface area contributed by atoms with Crippen LogP contribution in [0.4, 0.5) is 4.79 Å². The highest BCUT2D eigenvalue weighted by Gasteiger charge is 2.22. The van der Waals surface area contributed by atoms with Gasteiger partial charge in [0.05, 0.1) is 12.3 Å². The Morgan fingerprint density at radius 3 is 2.74 bits per heavy atom. The van der Waals surface area contributed by atoms with Crippen molar-refractivity contribution in [3.63, 3.8) is 0 Å². The largest absolute Gasteiger partial charge is 0.415 e. The molecule has 0 unspecified atom stereocenters. The van der Waals surface area contributed by atoms with Gasteiger partial charge in [-0.05, 0) is 11.4 Å². The summed E-state index contributed by atoms with van der Waals surface area (Å²) in [7, 11) is 0. The SMILES string of the molecule is CC(C)(C)c1nnc(SCC(=O)NC(=O)NCc2cccs2)o1. The van der Waals surface area contributed by atoms with Crippen molar-refractivity contribution in [1.29, 1.82) is 0 Å². The Bertz CT molecular complexity index is 662. The van der Waals surface area contributed by atoms with E-state index in [1.807, 2.05) is 38.3 Å². The number of nitrogens with one attached hydrogen (secondary N) is 2. The molecule has 0 fully saturated rings. The molecular weight excluding hydrogens is 336 g/mol. The molecule has 0 aliphatic carbocycles. The average molecular weight is 354 g/mol. The molecule has 7 nitrogen and oxygen atoms in total. The summed E-state index contributed by atoms with van der Waals surface area (Å²) in [5, 5.41) is 14.9. The van der Waals surface area contributed by atoms with E-state index in [0.29, 0.717) is 17.7 Å². The predicted octanol–water partition coefficient (Wildman–Crippen LogP) is 2.55. The number of thioether (sulfide) groups is 1. The fourth-order valence-electron chi connectivity index (χ4n) is 1.49. The second-order valence-electron chi connectivity index (χ2n) is 5.72. The van der Waals surface area contributed by atoms with Gasteiger partial charge in [-0.15, -0.1) is 21.5 Å². The van der Waals surface area contributed by atoms with Crippen molar-refractivity contribution in [3.05, 3.63) is 28.3 Å². The highest BCUT2D eigenvalue weighted by molar-refractivity contribution is 7.99. The molecule has 2 N–H and O–H groups in total. The van der Waals surface area contributed by atoms with E-state index in [9.17, 15) is 9.59 Å². The van der Waals surface area contributed by atoms with Gasteiger partial charge in [0.2, 0.25) is 11.8 Å². The van der Waals surface area contributed by atoms with Gasteiger partial charge < -0.3 is 9.73 Å². The average Bonchev–Trinajstić information content (AvgIpc) is 3.13. The number of hydrogen-bond donors (Lipinski definition) is 2. The van der Waals surface area contributed by atoms with Crippen LogP contribution in [-0.4, -0.2) is 27.9 Å². The van der Waals surface area contributed by atoms with Crippen LogP contribution in [-0.2, 0) is 16.8 Å². The molecule has 0 atom stereocenters. The van der Waals surface area contributed by atoms with E-state index in [-0.39, 0.29) is 11.2 Å². The van der Waals surface area contributed by atoms with Crippen LogP contribution in [0, 0.1) is 0 Å². The van der Waals surface area contributed by atoms with E-state index in [1.165, 1.54) is 11.3 Å². The summed E-state index contributed by atoms with van der Waals surface area (Å²) in [6.07, 6.45) is 0. The van der Waals surface area contributed by atoms with Crippen molar-refractivity contribution >= 4 is 35.0 Å². The number of aromatic nitrogens is 2. The van der Waals surface area contributed by atoms with Crippen molar-refractivity contribution < 1.29 is 14.0 Å². The van der Waals surface area contributed by atoms with Crippen LogP contribution in [0.2, 0.25) is 0 Å². The maximum Gasteiger partial charge on any atom is 0.321 e. The van der Waals surface area contributed by atoms with E-state index in [1.54, 1.807) is 0 Å². The molecule has 0 radical (unpaired) electrons. The minimum absolute atomic E-state index is 0.0260. The first kappa shape index (κ1) is 17.5. The van der Waals surface area contributed by atoms with Crippen LogP contribution < -0.4 is 10.6 Å². The molecule has 0 saturated heterocycles. The standard InChI is InChI=1S/C14H18N4O3S2/c1-14(2,3)11-17-18-13(21-11)23-8-10(19)16-12(20)15-7-9-5-4-6-22-9/h4-6H,7-8H2,1-3H3,(H2,15,16,19,20). The first-order valence-electron chi connectivity index (χ1n) is 6.91. The molecule has 2 rings (SSSR count). The van der Waals surface area contributed by atoms with Gasteiger partial charge in [0, 0.05) is 10.3 Å². The van der Waals surface area contributed by atoms with Crippen molar-refractivity contribution in [1.82, 2.24) is 20.8 Å². The van der Waals surface area contributed by atoms with E-state index < -0.39 is 11.9 Å². The van der Waals surface area contributed by atoms with Gasteiger partial charge in [-0.25, -0.2) is 4.79 Å². The second-order valence-corrected chi connectivity index (χ2v) is 7.68. The Labute approximate surface area is 142 Å². The summed E-state index contributed by atoms with van der Waals surface area (Å²) < 4.78 is 5.46. The Morgan fingerprint density at radius 1 is 1.35 bits per heavy atom. The third kappa shape index (κ3) is 5.68. The van der Waals surface area contributed by atoms with Crippen LogP contribution in [0.15, 0.2) is 27.2 Å². The van der Waals surface area contributed by atoms with Crippen molar-refractivity contribution in [2.24, 2.45) is 0 Å². The van der Waals surface area contributed by atoms with Crippen molar-refractivity contribution in [2.75, 3.05) is 5.75 Å². The zero-order chi connectivity index (χ0) is 16.9. The quantitative estimate of drug-likeness (QED) is 0.801. The van der Waals surface area contributed by atoms with Crippen molar-refractivity contribution in [2.45, 2.75) is 38.0 Å². The lowest BCUT2D eigenvalue weighted by molar-refractivity contribution is -0.117. The van der Waals surface area contributed by atoms with Gasteiger partial charge in [-0.1, -0.05) is 38.6 Å². The first-order valence-corrected chi connectivity index (χ1v) is 8.78. The van der Waals surface area contributed by atoms with Crippen LogP contribution >= 0.6 is 23.1 Å². The Balaban J connectivity index is 1.72. The van der Waals surface area contributed by atoms with Crippen molar-refractivity contribution in [3.8, 4) is 0 Å². The van der Waals surface area contributed by atoms with Gasteiger partial charge in [0.25, 0.3) is 5.22 Å². The number of imide groups is 1. The third-order valence-corrected chi connectivity index (χ3v) is 4.33. The maximum absolute atomic E-state index is 11.7. The zero-order valence-corrected chi connectivity index (χ0v) is 14.7. The number of amides is 3. The summed E-state index contributed by atoms with van der Waals surface area (Å²) in [4.78, 5) is 24.3. The summed E-state index contributed by atoms with van der Waals surface area (Å²) >= 11 is 2.63. The summed E-state index contributed by atoms with van der Waals surface area (Å²) in [6, 6.07) is 3.28. The fraction of sp³-hybridized carbons (Fsp3) is 0.429. The predicted molar refractivity (Wildman–Crippen MR) is 88.4 cm³/mol. The van der Waals surface area contributed by atoms with Crippen LogP contribution in [0.25, 0.3) is 0 Å². The number of nitrogens with zero attached hydrogens (tertiary/aromatic N) is 2. The Morgan fingerprint density at radius 2 is 2.13 bits per heavy atom. The lowest BCUT2D eigenvalue weighted by Crippen LogP contribution is -2.39. The van der Waals surface area contributed by atoms with Gasteiger partial charge >= 0.3 is 6.03 Å². The van der Waals surface area contributed by atoms with Gasteiger partial charge in [-0.2, -0.15) is 0 Å². The third-order valence-electron chi connectivity index (χ3n) is 2.63. The summed E-state index contributed by atoms with van der Waals surface area (Å²) in [5.74, 6) is 0.112. The Hall–Kier alpha value is -1.87. The van der Waals surface area contributed by atoms with E-state index in [0.717, 1.165) is 16.6 Å². The normalized spacial score (nSPS) is 11.3. The van der Waals surface area contributed by atoms with Gasteiger partial charge in [-0.3, -0.25) is 10.1 Å². The minimum Gasteiger partial charge on any atom is -0.415 e. The lowest BCUT2D eigenvalue weighted by atomic mass is 9.97. The zero-order valence-electron chi connectivity index (χ0n) is 13.1. The van der Waals surface area contributed by atoms with Crippen LogP contribution in [0.3, 0.4) is 0 Å². The topological polar surface area (TPSA) is 97.1 Å². The fourth-order valence-corrected chi connectivity index (χ4v) is 2.69. The monoisotopic (exact) mass is 354 g/mol. The molecule has 2 aromatic rings. The molecule has 3 amide bonds. The molecule has 124 valence electrons. The first-order chi connectivity index (χ1) is 10.8. The number of carbonyl (C=O) groups excluding carboxylic acids is 2. The molecule has 0 aromatic carbocycles. The van der Waals surface area contributed by atoms with E-state index >= 15 is 0 Å². The second kappa shape index (κ2) is 7.60. The molecule has 0 aliphatic rings. The Kier molecular flexibility index (Phi) is 5.78. The lowest BCUT2D eigenvalue weighted by Gasteiger charge is -2.10. The molecular formula is C14H18N4O3S2. The van der Waals surface area contributed by atoms with E-state index in [4.69, 9.17) is 4.42 Å². The van der Waals surface area contributed by atoms with E-state index in [2.05, 4.69) is 20.8 Å². The number of thiophene rings is 1. The number of carbonyl (C=O) groups is 2. The van der Waals surface area contributed by atoms with Gasteiger partial charge in [0.15, 0.2) is 0 Å². The number of urea groups is 1. The van der Waals surface area contributed by atoms with Gasteiger partial charge in [0.1, 0.15) is 0 Å². The minimum atomic E-state index is -0.523. The smallest absolute Gasteiger partial charge is 0.321 e. The highest BCUT2D eigenvalue weighted by Crippen LogP contribution is 2.24. The maximum atomic E-state index is 11.7. The molecule has 0 aliphatic heterocycles. The van der Waals surface area contributed by atoms with Crippen LogP contribution in [0.1, 0.15) is 31.5 Å². The number of hydrogen-bond acceptors (Lipinski definition) is 7. The summed E-state index contributed by atoms with van der Waals surface area (Å²) in [5.41, 5.74) is -0.240. The molecule has 23 heavy (non-hydrogen) atoms. The molecule has 2 heterocycles. The number of rotatable bonds is 5. The molecule has 2 aromatic heterocycles. The highest BCUT2D eigenvalue weighted by atomic mass is 32.2. The summed E-state index contributed by atoms with van der Waals surface area (Å²) in [6.45, 7) is 6.27. The van der Waals surface area contributed by atoms with Crippen LogP contribution in [0.5, 0.6) is 0 Å². The molecule has 0 spiro atoms.